The smallest absolute Gasteiger partial charge is 0.269 e. The highest BCUT2D eigenvalue weighted by molar-refractivity contribution is 5.98. The van der Waals surface area contributed by atoms with E-state index in [2.05, 4.69) is 9.80 Å². The fourth-order valence-electron chi connectivity index (χ4n) is 7.43. The van der Waals surface area contributed by atoms with Gasteiger partial charge in [0.15, 0.2) is 0 Å². The maximum absolute atomic E-state index is 13.3. The molecule has 0 radical (unpaired) electrons. The summed E-state index contributed by atoms with van der Waals surface area (Å²) >= 11 is 0. The highest BCUT2D eigenvalue weighted by Gasteiger charge is 2.43. The first-order chi connectivity index (χ1) is 21.2. The Hall–Kier alpha value is -5.00. The molecule has 4 saturated heterocycles. The average Bonchev–Trinajstić information content (AvgIpc) is 3.80. The van der Waals surface area contributed by atoms with E-state index in [0.717, 1.165) is 37.6 Å². The second kappa shape index (κ2) is 10.9. The zero-order valence-electron chi connectivity index (χ0n) is 24.0. The van der Waals surface area contributed by atoms with Crippen molar-refractivity contribution in [3.8, 4) is 0 Å². The number of nitro groups is 2. The van der Waals surface area contributed by atoms with Gasteiger partial charge < -0.3 is 19.6 Å². The Labute approximate surface area is 253 Å². The molecule has 4 aliphatic heterocycles. The first-order valence-electron chi connectivity index (χ1n) is 14.9. The van der Waals surface area contributed by atoms with Crippen LogP contribution in [0.25, 0.3) is 0 Å². The van der Waals surface area contributed by atoms with Gasteiger partial charge in [0.25, 0.3) is 23.2 Å². The lowest BCUT2D eigenvalue weighted by Crippen LogP contribution is -2.34. The summed E-state index contributed by atoms with van der Waals surface area (Å²) in [6.07, 6.45) is 0. The van der Waals surface area contributed by atoms with Gasteiger partial charge in [-0.2, -0.15) is 0 Å². The molecule has 44 heavy (non-hydrogen) atoms. The number of non-ortho nitro benzene ring substituents is 2. The number of rotatable bonds is 6. The van der Waals surface area contributed by atoms with Gasteiger partial charge in [-0.25, -0.2) is 0 Å². The van der Waals surface area contributed by atoms with E-state index in [1.807, 2.05) is 9.80 Å². The van der Waals surface area contributed by atoms with E-state index in [1.54, 1.807) is 48.5 Å². The molecule has 4 aliphatic rings. The van der Waals surface area contributed by atoms with Gasteiger partial charge in [-0.15, -0.1) is 0 Å². The summed E-state index contributed by atoms with van der Waals surface area (Å²) in [6, 6.07) is 20.3. The van der Waals surface area contributed by atoms with Crippen molar-refractivity contribution >= 4 is 34.6 Å². The molecule has 4 heterocycles. The molecule has 3 aromatic rings. The molecule has 226 valence electrons. The van der Waals surface area contributed by atoms with Crippen LogP contribution in [0, 0.1) is 43.9 Å². The number of fused-ring (bicyclic) bond motifs is 2. The van der Waals surface area contributed by atoms with Crippen molar-refractivity contribution in [1.29, 1.82) is 0 Å². The van der Waals surface area contributed by atoms with E-state index in [-0.39, 0.29) is 23.2 Å². The van der Waals surface area contributed by atoms with E-state index in [9.17, 15) is 29.8 Å². The highest BCUT2D eigenvalue weighted by atomic mass is 16.6. The monoisotopic (exact) mass is 596 g/mol. The van der Waals surface area contributed by atoms with E-state index in [4.69, 9.17) is 0 Å². The Kier molecular flexibility index (Phi) is 6.91. The molecule has 7 rings (SSSR count). The maximum atomic E-state index is 13.3. The van der Waals surface area contributed by atoms with E-state index in [1.165, 1.54) is 24.3 Å². The maximum Gasteiger partial charge on any atom is 0.269 e. The molecule has 4 atom stereocenters. The molecule has 2 amide bonds. The van der Waals surface area contributed by atoms with Gasteiger partial charge in [-0.1, -0.05) is 0 Å². The lowest BCUT2D eigenvalue weighted by Gasteiger charge is -2.24. The van der Waals surface area contributed by atoms with Gasteiger partial charge in [0, 0.05) is 123 Å². The summed E-state index contributed by atoms with van der Waals surface area (Å²) < 4.78 is 0. The molecule has 0 aliphatic carbocycles. The van der Waals surface area contributed by atoms with Crippen LogP contribution in [0.1, 0.15) is 20.7 Å². The Bertz CT molecular complexity index is 1460. The zero-order valence-corrected chi connectivity index (χ0v) is 24.0. The molecule has 0 spiro atoms. The molecule has 4 unspecified atom stereocenters. The normalized spacial score (nSPS) is 24.0. The molecule has 0 N–H and O–H groups in total. The van der Waals surface area contributed by atoms with Crippen molar-refractivity contribution in [2.75, 3.05) is 62.2 Å². The number of anilines is 2. The second-order valence-electron chi connectivity index (χ2n) is 12.4. The molecule has 12 heteroatoms. The van der Waals surface area contributed by atoms with E-state index < -0.39 is 9.85 Å². The van der Waals surface area contributed by atoms with Crippen LogP contribution in [-0.4, -0.2) is 83.8 Å². The summed E-state index contributed by atoms with van der Waals surface area (Å²) in [5.41, 5.74) is 3.23. The number of amides is 2. The van der Waals surface area contributed by atoms with Gasteiger partial charge in [0.05, 0.1) is 9.85 Å². The molecular formula is C32H32N6O6. The summed E-state index contributed by atoms with van der Waals surface area (Å²) in [6.45, 7) is 5.91. The number of hydrogen-bond acceptors (Lipinski definition) is 8. The summed E-state index contributed by atoms with van der Waals surface area (Å²) in [4.78, 5) is 56.0. The standard InChI is InChI=1S/C32H32N6O6/c39-31(35-17-23-13-33(14-24(23)18-35)27-5-9-29(10-6-27)37(41)42)21-1-2-22(4-3-21)32(40)36-19-25-15-34(16-26(25)20-36)28-7-11-30(12-8-28)38(43)44/h1-12,23-26H,13-20H2. The van der Waals surface area contributed by atoms with Crippen LogP contribution in [0.3, 0.4) is 0 Å². The largest absolute Gasteiger partial charge is 0.371 e. The van der Waals surface area contributed by atoms with Crippen LogP contribution < -0.4 is 9.80 Å². The Morgan fingerprint density at radius 2 is 0.795 bits per heavy atom. The number of likely N-dealkylation sites (tertiary alicyclic amines) is 2. The van der Waals surface area contributed by atoms with Crippen LogP contribution in [0.5, 0.6) is 0 Å². The average molecular weight is 597 g/mol. The SMILES string of the molecule is O=C(c1ccc(C(=O)N2CC3CN(c4ccc([N+](=O)[O-])cc4)CC3C2)cc1)N1CC2CN(c3ccc([N+](=O)[O-])cc3)CC2C1. The van der Waals surface area contributed by atoms with Crippen LogP contribution in [0.15, 0.2) is 72.8 Å². The molecule has 4 fully saturated rings. The fourth-order valence-corrected chi connectivity index (χ4v) is 7.43. The van der Waals surface area contributed by atoms with E-state index in [0.29, 0.717) is 61.0 Å². The molecule has 12 nitrogen and oxygen atoms in total. The Balaban J connectivity index is 0.912. The van der Waals surface area contributed by atoms with Crippen LogP contribution >= 0.6 is 0 Å². The number of carbonyl (C=O) groups excluding carboxylic acids is 2. The fraction of sp³-hybridized carbons (Fsp3) is 0.375. The van der Waals surface area contributed by atoms with Crippen molar-refractivity contribution in [3.63, 3.8) is 0 Å². The van der Waals surface area contributed by atoms with Gasteiger partial charge >= 0.3 is 0 Å². The molecule has 0 saturated carbocycles. The topological polar surface area (TPSA) is 133 Å². The minimum absolute atomic E-state index is 0.0256. The number of benzene rings is 3. The lowest BCUT2D eigenvalue weighted by molar-refractivity contribution is -0.385. The molecular weight excluding hydrogens is 564 g/mol. The molecule has 3 aromatic carbocycles. The van der Waals surface area contributed by atoms with Crippen molar-refractivity contribution < 1.29 is 19.4 Å². The Morgan fingerprint density at radius 3 is 1.07 bits per heavy atom. The first kappa shape index (κ1) is 27.8. The predicted molar refractivity (Wildman–Crippen MR) is 163 cm³/mol. The minimum atomic E-state index is -0.397. The summed E-state index contributed by atoms with van der Waals surface area (Å²) in [7, 11) is 0. The van der Waals surface area contributed by atoms with Crippen LogP contribution in [0.2, 0.25) is 0 Å². The molecule has 0 bridgehead atoms. The summed E-state index contributed by atoms with van der Waals surface area (Å²) in [5, 5.41) is 21.9. The third-order valence-corrected chi connectivity index (χ3v) is 9.78. The summed E-state index contributed by atoms with van der Waals surface area (Å²) in [5.74, 6) is 1.34. The van der Waals surface area contributed by atoms with Gasteiger partial charge in [-0.05, 0) is 48.5 Å². The highest BCUT2D eigenvalue weighted by Crippen LogP contribution is 2.36. The lowest BCUT2D eigenvalue weighted by atomic mass is 10.0. The van der Waals surface area contributed by atoms with Crippen LogP contribution in [0.4, 0.5) is 22.7 Å². The van der Waals surface area contributed by atoms with Gasteiger partial charge in [0.2, 0.25) is 0 Å². The quantitative estimate of drug-likeness (QED) is 0.309. The number of hydrogen-bond donors (Lipinski definition) is 0. The molecule has 0 aromatic heterocycles. The third-order valence-electron chi connectivity index (χ3n) is 9.78. The van der Waals surface area contributed by atoms with Crippen molar-refractivity contribution in [3.05, 3.63) is 104 Å². The van der Waals surface area contributed by atoms with Gasteiger partial charge in [-0.3, -0.25) is 29.8 Å². The van der Waals surface area contributed by atoms with E-state index >= 15 is 0 Å². The Morgan fingerprint density at radius 1 is 0.500 bits per heavy atom. The van der Waals surface area contributed by atoms with Crippen molar-refractivity contribution in [2.45, 2.75) is 0 Å². The van der Waals surface area contributed by atoms with Crippen LogP contribution in [-0.2, 0) is 0 Å². The van der Waals surface area contributed by atoms with Crippen molar-refractivity contribution in [1.82, 2.24) is 9.80 Å². The van der Waals surface area contributed by atoms with Crippen molar-refractivity contribution in [2.24, 2.45) is 23.7 Å². The number of nitrogens with zero attached hydrogens (tertiary/aromatic N) is 6. The van der Waals surface area contributed by atoms with Gasteiger partial charge in [0.1, 0.15) is 0 Å². The third kappa shape index (κ3) is 5.10. The zero-order chi connectivity index (χ0) is 30.5. The predicted octanol–water partition coefficient (Wildman–Crippen LogP) is 3.92. The number of nitro benzene ring substituents is 2. The second-order valence-corrected chi connectivity index (χ2v) is 12.4. The minimum Gasteiger partial charge on any atom is -0.371 e. The number of carbonyl (C=O) groups is 2. The first-order valence-corrected chi connectivity index (χ1v) is 14.9.